The molecule has 0 aliphatic heterocycles. The van der Waals surface area contributed by atoms with Crippen molar-refractivity contribution in [3.05, 3.63) is 21.1 Å². The van der Waals surface area contributed by atoms with Gasteiger partial charge >= 0.3 is 0 Å². The summed E-state index contributed by atoms with van der Waals surface area (Å²) in [5.41, 5.74) is 6.13. The Morgan fingerprint density at radius 1 is 1.40 bits per heavy atom. The van der Waals surface area contributed by atoms with Gasteiger partial charge in [0.05, 0.1) is 12.0 Å². The van der Waals surface area contributed by atoms with Gasteiger partial charge in [-0.3, -0.25) is 0 Å². The summed E-state index contributed by atoms with van der Waals surface area (Å²) in [7, 11) is -3.70. The maximum atomic E-state index is 12.7. The van der Waals surface area contributed by atoms with Crippen LogP contribution in [0.2, 0.25) is 0 Å². The molecule has 1 aromatic carbocycles. The summed E-state index contributed by atoms with van der Waals surface area (Å²) in [5, 5.41) is 8.85. The molecule has 1 rings (SSSR count). The van der Waals surface area contributed by atoms with E-state index in [0.717, 1.165) is 0 Å². The number of nitriles is 1. The van der Waals surface area contributed by atoms with Crippen molar-refractivity contribution in [1.82, 2.24) is 4.31 Å². The van der Waals surface area contributed by atoms with Crippen molar-refractivity contribution in [2.45, 2.75) is 18.7 Å². The maximum absolute atomic E-state index is 12.7. The lowest BCUT2D eigenvalue weighted by atomic mass is 10.2. The number of rotatable bonds is 5. The summed E-state index contributed by atoms with van der Waals surface area (Å²) in [5.74, 6) is -0.379. The topological polar surface area (TPSA) is 87.2 Å². The molecular formula is C12H15Br2N3O2S. The van der Waals surface area contributed by atoms with E-state index in [9.17, 15) is 8.42 Å². The second-order valence-corrected chi connectivity index (χ2v) is 7.88. The molecule has 1 unspecified atom stereocenters. The number of nitrogen functional groups attached to an aromatic ring is 1. The van der Waals surface area contributed by atoms with E-state index in [0.29, 0.717) is 14.6 Å². The second kappa shape index (κ2) is 6.89. The highest BCUT2D eigenvalue weighted by Crippen LogP contribution is 2.34. The smallest absolute Gasteiger partial charge is 0.245 e. The Morgan fingerprint density at radius 2 is 1.90 bits per heavy atom. The zero-order valence-electron chi connectivity index (χ0n) is 11.1. The van der Waals surface area contributed by atoms with Gasteiger partial charge in [-0.25, -0.2) is 8.42 Å². The number of anilines is 1. The molecule has 2 N–H and O–H groups in total. The molecule has 0 heterocycles. The highest BCUT2D eigenvalue weighted by Gasteiger charge is 2.29. The van der Waals surface area contributed by atoms with Crippen molar-refractivity contribution in [3.63, 3.8) is 0 Å². The lowest BCUT2D eigenvalue weighted by Crippen LogP contribution is -2.34. The Kier molecular flexibility index (Phi) is 6.01. The third-order valence-corrected chi connectivity index (χ3v) is 6.49. The first-order chi connectivity index (χ1) is 9.23. The largest absolute Gasteiger partial charge is 0.399 e. The summed E-state index contributed by atoms with van der Waals surface area (Å²) in [6.07, 6.45) is 0. The number of benzene rings is 1. The van der Waals surface area contributed by atoms with Gasteiger partial charge < -0.3 is 5.73 Å². The summed E-state index contributed by atoms with van der Waals surface area (Å²) in [6.45, 7) is 3.86. The van der Waals surface area contributed by atoms with Gasteiger partial charge in [0.2, 0.25) is 10.0 Å². The minimum absolute atomic E-state index is 0.124. The van der Waals surface area contributed by atoms with Crippen LogP contribution in [0.25, 0.3) is 0 Å². The van der Waals surface area contributed by atoms with E-state index in [1.807, 2.05) is 6.07 Å². The number of hydrogen-bond acceptors (Lipinski definition) is 4. The van der Waals surface area contributed by atoms with Crippen LogP contribution in [0.15, 0.2) is 26.0 Å². The third-order valence-electron chi connectivity index (χ3n) is 2.67. The molecule has 20 heavy (non-hydrogen) atoms. The first kappa shape index (κ1) is 17.4. The average molecular weight is 425 g/mol. The summed E-state index contributed by atoms with van der Waals surface area (Å²) in [6, 6.07) is 5.12. The molecule has 0 saturated carbocycles. The SMILES string of the molecule is CCN(CC(C)C#N)S(=O)(=O)c1c(Br)cc(N)cc1Br. The van der Waals surface area contributed by atoms with Crippen molar-refractivity contribution in [1.29, 1.82) is 5.26 Å². The zero-order chi connectivity index (χ0) is 15.5. The first-order valence-electron chi connectivity index (χ1n) is 5.88. The lowest BCUT2D eigenvalue weighted by molar-refractivity contribution is 0.399. The van der Waals surface area contributed by atoms with Crippen LogP contribution >= 0.6 is 31.9 Å². The third kappa shape index (κ3) is 3.73. The minimum atomic E-state index is -3.70. The van der Waals surface area contributed by atoms with E-state index >= 15 is 0 Å². The molecule has 0 aliphatic carbocycles. The molecule has 0 aliphatic rings. The number of halogens is 2. The van der Waals surface area contributed by atoms with E-state index in [4.69, 9.17) is 11.0 Å². The molecule has 8 heteroatoms. The van der Waals surface area contributed by atoms with E-state index in [1.54, 1.807) is 26.0 Å². The number of hydrogen-bond donors (Lipinski definition) is 1. The van der Waals surface area contributed by atoms with Crippen LogP contribution in [0.1, 0.15) is 13.8 Å². The van der Waals surface area contributed by atoms with E-state index in [-0.39, 0.29) is 23.9 Å². The second-order valence-electron chi connectivity index (χ2n) is 4.30. The number of sulfonamides is 1. The van der Waals surface area contributed by atoms with Gasteiger partial charge in [0.25, 0.3) is 0 Å². The van der Waals surface area contributed by atoms with Crippen LogP contribution < -0.4 is 5.73 Å². The van der Waals surface area contributed by atoms with Crippen LogP contribution in [0.4, 0.5) is 5.69 Å². The van der Waals surface area contributed by atoms with Gasteiger partial charge in [0, 0.05) is 27.7 Å². The molecule has 0 radical (unpaired) electrons. The fourth-order valence-corrected chi connectivity index (χ4v) is 5.78. The Hall–Kier alpha value is -0.620. The summed E-state index contributed by atoms with van der Waals surface area (Å²) in [4.78, 5) is 0.124. The Balaban J connectivity index is 3.32. The fourth-order valence-electron chi connectivity index (χ4n) is 1.70. The molecule has 1 aromatic rings. The molecule has 1 atom stereocenters. The lowest BCUT2D eigenvalue weighted by Gasteiger charge is -2.23. The first-order valence-corrected chi connectivity index (χ1v) is 8.90. The molecule has 0 amide bonds. The monoisotopic (exact) mass is 423 g/mol. The van der Waals surface area contributed by atoms with Gasteiger partial charge in [-0.1, -0.05) is 6.92 Å². The quantitative estimate of drug-likeness (QED) is 0.736. The Bertz CT molecular complexity index is 618. The highest BCUT2D eigenvalue weighted by molar-refractivity contribution is 9.11. The maximum Gasteiger partial charge on any atom is 0.245 e. The van der Waals surface area contributed by atoms with E-state index in [2.05, 4.69) is 31.9 Å². The van der Waals surface area contributed by atoms with E-state index in [1.165, 1.54) is 4.31 Å². The van der Waals surface area contributed by atoms with Crippen LogP contribution in [-0.4, -0.2) is 25.8 Å². The van der Waals surface area contributed by atoms with Gasteiger partial charge in [0.15, 0.2) is 0 Å². The van der Waals surface area contributed by atoms with Crippen molar-refractivity contribution in [2.75, 3.05) is 18.8 Å². The van der Waals surface area contributed by atoms with Crippen LogP contribution in [-0.2, 0) is 10.0 Å². The standard InChI is InChI=1S/C12H15Br2N3O2S/c1-3-17(7-8(2)6-15)20(18,19)12-10(13)4-9(16)5-11(12)14/h4-5,8H,3,7,16H2,1-2H3. The summed E-state index contributed by atoms with van der Waals surface area (Å²) >= 11 is 6.47. The molecule has 5 nitrogen and oxygen atoms in total. The van der Waals surface area contributed by atoms with Crippen molar-refractivity contribution >= 4 is 47.6 Å². The molecule has 0 fully saturated rings. The van der Waals surface area contributed by atoms with Gasteiger partial charge in [-0.15, -0.1) is 0 Å². The van der Waals surface area contributed by atoms with E-state index < -0.39 is 10.0 Å². The van der Waals surface area contributed by atoms with Crippen LogP contribution in [0.3, 0.4) is 0 Å². The predicted molar refractivity (Wildman–Crippen MR) is 85.5 cm³/mol. The molecule has 0 saturated heterocycles. The Labute approximate surface area is 136 Å². The Morgan fingerprint density at radius 3 is 2.30 bits per heavy atom. The van der Waals surface area contributed by atoms with Crippen LogP contribution in [0, 0.1) is 17.2 Å². The van der Waals surface area contributed by atoms with Crippen molar-refractivity contribution < 1.29 is 8.42 Å². The zero-order valence-corrected chi connectivity index (χ0v) is 15.1. The minimum Gasteiger partial charge on any atom is -0.399 e. The molecule has 0 bridgehead atoms. The number of nitrogens with zero attached hydrogens (tertiary/aromatic N) is 2. The van der Waals surface area contributed by atoms with Gasteiger partial charge in [-0.05, 0) is 50.9 Å². The molecule has 0 spiro atoms. The van der Waals surface area contributed by atoms with Gasteiger partial charge in [0.1, 0.15) is 4.90 Å². The highest BCUT2D eigenvalue weighted by atomic mass is 79.9. The summed E-state index contributed by atoms with van der Waals surface area (Å²) < 4.78 is 27.4. The fraction of sp³-hybridized carbons (Fsp3) is 0.417. The van der Waals surface area contributed by atoms with Crippen LogP contribution in [0.5, 0.6) is 0 Å². The predicted octanol–water partition coefficient (Wildman–Crippen LogP) is 2.96. The average Bonchev–Trinajstić information content (AvgIpc) is 2.33. The van der Waals surface area contributed by atoms with Gasteiger partial charge in [-0.2, -0.15) is 9.57 Å². The normalized spacial score (nSPS) is 13.2. The van der Waals surface area contributed by atoms with Crippen molar-refractivity contribution in [2.24, 2.45) is 5.92 Å². The number of nitrogens with two attached hydrogens (primary N) is 1. The molecular weight excluding hydrogens is 410 g/mol. The molecule has 0 aromatic heterocycles. The molecule has 110 valence electrons. The van der Waals surface area contributed by atoms with Crippen molar-refractivity contribution in [3.8, 4) is 6.07 Å².